The summed E-state index contributed by atoms with van der Waals surface area (Å²) in [6, 6.07) is 2.03. The van der Waals surface area contributed by atoms with Crippen molar-refractivity contribution in [3.05, 3.63) is 23.5 Å². The second-order valence-electron chi connectivity index (χ2n) is 4.51. The molecule has 1 aliphatic carbocycles. The van der Waals surface area contributed by atoms with Crippen molar-refractivity contribution in [2.75, 3.05) is 0 Å². The molecule has 0 bridgehead atoms. The lowest BCUT2D eigenvalue weighted by atomic mass is 10.1. The first kappa shape index (κ1) is 10.3. The lowest BCUT2D eigenvalue weighted by molar-refractivity contribution is -0.137. The summed E-state index contributed by atoms with van der Waals surface area (Å²) < 4.78 is 1.47. The number of carboxylic acid groups (broad SMARTS) is 1. The molecule has 0 spiro atoms. The first-order valence-corrected chi connectivity index (χ1v) is 5.70. The third-order valence-corrected chi connectivity index (χ3v) is 3.14. The normalized spacial score (nSPS) is 15.4. The molecule has 88 valence electrons. The summed E-state index contributed by atoms with van der Waals surface area (Å²) in [4.78, 5) is 15.0. The Hall–Kier alpha value is -1.91. The van der Waals surface area contributed by atoms with E-state index in [1.165, 1.54) is 23.1 Å². The summed E-state index contributed by atoms with van der Waals surface area (Å²) >= 11 is 0. The van der Waals surface area contributed by atoms with E-state index >= 15 is 0 Å². The van der Waals surface area contributed by atoms with Gasteiger partial charge in [-0.15, -0.1) is 0 Å². The maximum Gasteiger partial charge on any atom is 0.325 e. The van der Waals surface area contributed by atoms with E-state index in [1.807, 2.05) is 13.0 Å². The minimum Gasteiger partial charge on any atom is -0.480 e. The number of hydrogen-bond acceptors (Lipinski definition) is 3. The van der Waals surface area contributed by atoms with Gasteiger partial charge in [0.2, 0.25) is 0 Å². The molecule has 2 heterocycles. The smallest absolute Gasteiger partial charge is 0.325 e. The number of pyridine rings is 1. The van der Waals surface area contributed by atoms with Crippen LogP contribution >= 0.6 is 0 Å². The number of hydrogen-bond donors (Lipinski definition) is 1. The fraction of sp³-hybridized carbons (Fsp3) is 0.417. The van der Waals surface area contributed by atoms with Crippen molar-refractivity contribution >= 4 is 17.0 Å². The van der Waals surface area contributed by atoms with Crippen molar-refractivity contribution in [1.82, 2.24) is 14.8 Å². The van der Waals surface area contributed by atoms with Crippen LogP contribution in [0.3, 0.4) is 0 Å². The summed E-state index contributed by atoms with van der Waals surface area (Å²) in [5.74, 6) is -0.283. The molecule has 0 aromatic carbocycles. The van der Waals surface area contributed by atoms with Gasteiger partial charge in [-0.2, -0.15) is 5.10 Å². The molecule has 1 saturated carbocycles. The lowest BCUT2D eigenvalue weighted by Crippen LogP contribution is -2.10. The number of fused-ring (bicyclic) bond motifs is 1. The maximum atomic E-state index is 10.8. The fourth-order valence-electron chi connectivity index (χ4n) is 2.28. The van der Waals surface area contributed by atoms with E-state index in [4.69, 9.17) is 5.11 Å². The second-order valence-corrected chi connectivity index (χ2v) is 4.51. The molecule has 0 saturated heterocycles. The molecular weight excluding hydrogens is 218 g/mol. The zero-order valence-corrected chi connectivity index (χ0v) is 9.55. The van der Waals surface area contributed by atoms with Crippen molar-refractivity contribution < 1.29 is 9.90 Å². The Morgan fingerprint density at radius 3 is 3.00 bits per heavy atom. The van der Waals surface area contributed by atoms with Crippen molar-refractivity contribution in [3.8, 4) is 0 Å². The highest BCUT2D eigenvalue weighted by Gasteiger charge is 2.27. The quantitative estimate of drug-likeness (QED) is 0.873. The van der Waals surface area contributed by atoms with Crippen LogP contribution in [0.1, 0.15) is 30.0 Å². The van der Waals surface area contributed by atoms with Gasteiger partial charge in [-0.25, -0.2) is 9.67 Å². The highest BCUT2D eigenvalue weighted by Crippen LogP contribution is 2.43. The Bertz CT molecular complexity index is 599. The number of carboxylic acids is 1. The van der Waals surface area contributed by atoms with Gasteiger partial charge in [-0.05, 0) is 37.3 Å². The van der Waals surface area contributed by atoms with Crippen LogP contribution in [0.4, 0.5) is 0 Å². The van der Waals surface area contributed by atoms with Gasteiger partial charge in [-0.1, -0.05) is 0 Å². The van der Waals surface area contributed by atoms with E-state index in [-0.39, 0.29) is 6.54 Å². The molecule has 0 amide bonds. The number of carbonyl (C=O) groups is 1. The molecule has 0 aliphatic heterocycles. The summed E-state index contributed by atoms with van der Waals surface area (Å²) in [6.07, 6.45) is 4.17. The standard InChI is InChI=1S/C12H13N3O2/c1-7-11-9(8-2-3-8)4-5-13-12(11)15(14-7)6-10(16)17/h4-5,8H,2-3,6H2,1H3,(H,16,17). The van der Waals surface area contributed by atoms with Gasteiger partial charge < -0.3 is 5.11 Å². The molecule has 2 aromatic heterocycles. The number of aliphatic carboxylic acids is 1. The summed E-state index contributed by atoms with van der Waals surface area (Å²) in [7, 11) is 0. The minimum atomic E-state index is -0.895. The number of aromatic nitrogens is 3. The van der Waals surface area contributed by atoms with Crippen LogP contribution in [0.15, 0.2) is 12.3 Å². The van der Waals surface area contributed by atoms with Gasteiger partial charge >= 0.3 is 5.97 Å². The van der Waals surface area contributed by atoms with E-state index in [9.17, 15) is 4.79 Å². The molecule has 5 heteroatoms. The van der Waals surface area contributed by atoms with Crippen molar-refractivity contribution in [1.29, 1.82) is 0 Å². The minimum absolute atomic E-state index is 0.133. The van der Waals surface area contributed by atoms with E-state index < -0.39 is 5.97 Å². The van der Waals surface area contributed by atoms with Crippen molar-refractivity contribution in [2.24, 2.45) is 0 Å². The molecule has 2 aromatic rings. The van der Waals surface area contributed by atoms with Gasteiger partial charge in [-0.3, -0.25) is 4.79 Å². The summed E-state index contributed by atoms with van der Waals surface area (Å²) in [5, 5.41) is 14.2. The topological polar surface area (TPSA) is 68.0 Å². The van der Waals surface area contributed by atoms with Crippen LogP contribution < -0.4 is 0 Å². The molecule has 1 fully saturated rings. The molecule has 0 radical (unpaired) electrons. The highest BCUT2D eigenvalue weighted by molar-refractivity contribution is 5.84. The molecule has 0 atom stereocenters. The van der Waals surface area contributed by atoms with Crippen LogP contribution in [0.5, 0.6) is 0 Å². The molecule has 5 nitrogen and oxygen atoms in total. The van der Waals surface area contributed by atoms with Crippen LogP contribution in [0.2, 0.25) is 0 Å². The largest absolute Gasteiger partial charge is 0.480 e. The van der Waals surface area contributed by atoms with E-state index in [2.05, 4.69) is 10.1 Å². The Morgan fingerprint density at radius 1 is 1.59 bits per heavy atom. The number of aryl methyl sites for hydroxylation is 1. The van der Waals surface area contributed by atoms with E-state index in [1.54, 1.807) is 6.20 Å². The Morgan fingerprint density at radius 2 is 2.35 bits per heavy atom. The van der Waals surface area contributed by atoms with Gasteiger partial charge in [0.25, 0.3) is 0 Å². The van der Waals surface area contributed by atoms with Crippen LogP contribution in [0.25, 0.3) is 11.0 Å². The molecule has 1 aliphatic rings. The fourth-order valence-corrected chi connectivity index (χ4v) is 2.28. The van der Waals surface area contributed by atoms with Crippen molar-refractivity contribution in [3.63, 3.8) is 0 Å². The average Bonchev–Trinajstić information content (AvgIpc) is 3.06. The van der Waals surface area contributed by atoms with Crippen LogP contribution in [-0.2, 0) is 11.3 Å². The second kappa shape index (κ2) is 3.55. The molecule has 0 unspecified atom stereocenters. The third kappa shape index (κ3) is 1.67. The maximum absolute atomic E-state index is 10.8. The number of rotatable bonds is 3. The third-order valence-electron chi connectivity index (χ3n) is 3.14. The van der Waals surface area contributed by atoms with Crippen LogP contribution in [-0.4, -0.2) is 25.8 Å². The lowest BCUT2D eigenvalue weighted by Gasteiger charge is -2.01. The van der Waals surface area contributed by atoms with E-state index in [0.29, 0.717) is 11.6 Å². The molecule has 3 rings (SSSR count). The summed E-state index contributed by atoms with van der Waals surface area (Å²) in [5.41, 5.74) is 2.83. The van der Waals surface area contributed by atoms with Gasteiger partial charge in [0.05, 0.1) is 5.69 Å². The van der Waals surface area contributed by atoms with Gasteiger partial charge in [0.1, 0.15) is 6.54 Å². The Balaban J connectivity index is 2.20. The van der Waals surface area contributed by atoms with Crippen molar-refractivity contribution in [2.45, 2.75) is 32.2 Å². The van der Waals surface area contributed by atoms with Gasteiger partial charge in [0, 0.05) is 11.6 Å². The SMILES string of the molecule is Cc1nn(CC(=O)O)c2nccc(C3CC3)c12. The summed E-state index contributed by atoms with van der Waals surface area (Å²) in [6.45, 7) is 1.78. The predicted octanol–water partition coefficient (Wildman–Crippen LogP) is 1.70. The van der Waals surface area contributed by atoms with Gasteiger partial charge in [0.15, 0.2) is 5.65 Å². The number of nitrogens with zero attached hydrogens (tertiary/aromatic N) is 3. The molecule has 17 heavy (non-hydrogen) atoms. The first-order valence-electron chi connectivity index (χ1n) is 5.70. The zero-order chi connectivity index (χ0) is 12.0. The average molecular weight is 231 g/mol. The Labute approximate surface area is 98.1 Å². The monoisotopic (exact) mass is 231 g/mol. The highest BCUT2D eigenvalue weighted by atomic mass is 16.4. The molecular formula is C12H13N3O2. The first-order chi connectivity index (χ1) is 8.16. The van der Waals surface area contributed by atoms with Crippen LogP contribution in [0, 0.1) is 6.92 Å². The Kier molecular flexibility index (Phi) is 2.14. The predicted molar refractivity (Wildman–Crippen MR) is 61.9 cm³/mol. The molecule has 1 N–H and O–H groups in total. The van der Waals surface area contributed by atoms with E-state index in [0.717, 1.165) is 11.1 Å². The zero-order valence-electron chi connectivity index (χ0n) is 9.55.